The van der Waals surface area contributed by atoms with Crippen molar-refractivity contribution >= 4 is 24.1 Å². The Morgan fingerprint density at radius 1 is 0.722 bits per heavy atom. The maximum atomic E-state index is 12.5. The fourth-order valence-corrected chi connectivity index (χ4v) is 2.84. The number of aromatic nitrogens is 2. The third kappa shape index (κ3) is 10.3. The monoisotopic (exact) mass is 518 g/mol. The number of aryl methyl sites for hydroxylation is 2. The molecule has 0 aliphatic heterocycles. The molecule has 0 bridgehead atoms. The molecule has 0 spiro atoms. The second-order valence-corrected chi connectivity index (χ2v) is 7.30. The molecule has 36 heavy (non-hydrogen) atoms. The quantitative estimate of drug-likeness (QED) is 0.314. The van der Waals surface area contributed by atoms with Gasteiger partial charge in [-0.05, 0) is 48.3 Å². The number of aliphatic carboxylic acids is 2. The van der Waals surface area contributed by atoms with Crippen molar-refractivity contribution in [3.05, 3.63) is 70.3 Å². The molecule has 196 valence electrons. The van der Waals surface area contributed by atoms with Crippen molar-refractivity contribution in [3.8, 4) is 0 Å². The zero-order valence-electron chi connectivity index (χ0n) is 19.3. The molecule has 0 aliphatic carbocycles. The Balaban J connectivity index is 0.000000360. The molecule has 0 amide bonds. The highest BCUT2D eigenvalue weighted by atomic mass is 19.4. The van der Waals surface area contributed by atoms with E-state index in [1.54, 1.807) is 0 Å². The van der Waals surface area contributed by atoms with Crippen LogP contribution in [0.25, 0.3) is 12.2 Å². The summed E-state index contributed by atoms with van der Waals surface area (Å²) >= 11 is 0. The van der Waals surface area contributed by atoms with Crippen LogP contribution in [0.1, 0.15) is 60.6 Å². The summed E-state index contributed by atoms with van der Waals surface area (Å²) in [6.45, 7) is 3.62. The van der Waals surface area contributed by atoms with E-state index in [0.29, 0.717) is 36.8 Å². The van der Waals surface area contributed by atoms with Gasteiger partial charge in [0.25, 0.3) is 0 Å². The summed E-state index contributed by atoms with van der Waals surface area (Å²) in [6.07, 6.45) is -2.74. The van der Waals surface area contributed by atoms with Crippen LogP contribution in [0.2, 0.25) is 0 Å². The molecule has 0 radical (unpaired) electrons. The zero-order chi connectivity index (χ0) is 27.5. The van der Waals surface area contributed by atoms with Gasteiger partial charge in [0.1, 0.15) is 11.4 Å². The molecule has 0 fully saturated rings. The molecule has 0 saturated heterocycles. The summed E-state index contributed by atoms with van der Waals surface area (Å²) in [7, 11) is 0. The van der Waals surface area contributed by atoms with Crippen LogP contribution >= 0.6 is 0 Å². The van der Waals surface area contributed by atoms with Crippen LogP contribution < -0.4 is 0 Å². The van der Waals surface area contributed by atoms with Gasteiger partial charge in [-0.25, -0.2) is 19.6 Å². The molecule has 2 heterocycles. The van der Waals surface area contributed by atoms with Crippen LogP contribution in [0.15, 0.2) is 36.4 Å². The molecule has 6 nitrogen and oxygen atoms in total. The number of pyridine rings is 2. The van der Waals surface area contributed by atoms with Crippen LogP contribution in [0.4, 0.5) is 26.3 Å². The summed E-state index contributed by atoms with van der Waals surface area (Å²) in [6, 6.07) is 4.17. The second kappa shape index (κ2) is 13.4. The highest BCUT2D eigenvalue weighted by Gasteiger charge is 2.33. The summed E-state index contributed by atoms with van der Waals surface area (Å²) in [5.41, 5.74) is -0.619. The van der Waals surface area contributed by atoms with E-state index in [1.165, 1.54) is 24.3 Å². The molecule has 0 aromatic carbocycles. The number of hydrogen-bond donors (Lipinski definition) is 2. The first kappa shape index (κ1) is 30.3. The fraction of sp³-hybridized carbons (Fsp3) is 0.333. The Bertz CT molecular complexity index is 1020. The van der Waals surface area contributed by atoms with Crippen LogP contribution in [0, 0.1) is 0 Å². The molecule has 2 N–H and O–H groups in total. The van der Waals surface area contributed by atoms with Gasteiger partial charge >= 0.3 is 24.3 Å². The normalized spacial score (nSPS) is 12.0. The van der Waals surface area contributed by atoms with E-state index in [0.717, 1.165) is 24.3 Å². The van der Waals surface area contributed by atoms with Gasteiger partial charge in [0, 0.05) is 23.5 Å². The summed E-state index contributed by atoms with van der Waals surface area (Å²) in [5.74, 6) is -2.31. The molecule has 2 rings (SSSR count). The average molecular weight is 518 g/mol. The Kier molecular flexibility index (Phi) is 11.3. The lowest BCUT2D eigenvalue weighted by atomic mass is 10.1. The van der Waals surface area contributed by atoms with Gasteiger partial charge in [-0.15, -0.1) is 0 Å². The largest absolute Gasteiger partial charge is 0.478 e. The highest BCUT2D eigenvalue weighted by molar-refractivity contribution is 5.86. The van der Waals surface area contributed by atoms with Crippen LogP contribution in [0.5, 0.6) is 0 Å². The second-order valence-electron chi connectivity index (χ2n) is 7.30. The molecular weight excluding hydrogens is 494 g/mol. The number of halogens is 6. The Hall–Kier alpha value is -3.70. The molecule has 2 aromatic rings. The molecular formula is C24H24F6N2O4. The van der Waals surface area contributed by atoms with Crippen molar-refractivity contribution in [1.82, 2.24) is 9.97 Å². The molecule has 0 aliphatic rings. The van der Waals surface area contributed by atoms with Gasteiger partial charge < -0.3 is 10.2 Å². The van der Waals surface area contributed by atoms with E-state index in [2.05, 4.69) is 9.97 Å². The van der Waals surface area contributed by atoms with E-state index >= 15 is 0 Å². The topological polar surface area (TPSA) is 100 Å². The number of carbonyl (C=O) groups is 2. The average Bonchev–Trinajstić information content (AvgIpc) is 2.76. The predicted octanol–water partition coefficient (Wildman–Crippen LogP) is 6.30. The summed E-state index contributed by atoms with van der Waals surface area (Å²) in [5, 5.41) is 17.0. The molecule has 0 atom stereocenters. The Morgan fingerprint density at radius 2 is 1.06 bits per heavy atom. The lowest BCUT2D eigenvalue weighted by molar-refractivity contribution is -0.142. The van der Waals surface area contributed by atoms with E-state index in [4.69, 9.17) is 10.2 Å². The first-order valence-electron chi connectivity index (χ1n) is 10.6. The first-order valence-corrected chi connectivity index (χ1v) is 10.6. The standard InChI is InChI=1S/2C12H12F3NO2/c2*1-2-3-9-8(5-7-11(17)18)4-6-10(16-9)12(13,14)15/h2*4-7H,2-3H2,1H3,(H,17,18). The fourth-order valence-electron chi connectivity index (χ4n) is 2.84. The molecule has 0 saturated carbocycles. The lowest BCUT2D eigenvalue weighted by Crippen LogP contribution is -2.10. The molecule has 0 unspecified atom stereocenters. The van der Waals surface area contributed by atoms with Gasteiger partial charge in [0.05, 0.1) is 0 Å². The van der Waals surface area contributed by atoms with Crippen molar-refractivity contribution in [2.45, 2.75) is 51.9 Å². The van der Waals surface area contributed by atoms with Crippen LogP contribution in [0.3, 0.4) is 0 Å². The number of nitrogens with zero attached hydrogens (tertiary/aromatic N) is 2. The van der Waals surface area contributed by atoms with Crippen molar-refractivity contribution in [3.63, 3.8) is 0 Å². The number of alkyl halides is 6. The summed E-state index contributed by atoms with van der Waals surface area (Å²) in [4.78, 5) is 27.8. The molecule has 12 heteroatoms. The number of rotatable bonds is 8. The van der Waals surface area contributed by atoms with Gasteiger partial charge in [0.2, 0.25) is 0 Å². The SMILES string of the molecule is CCCc1nc(C(F)(F)F)ccc1C=CC(=O)O.CCCc1nc(C(F)(F)F)ccc1C=CC(=O)O. The minimum atomic E-state index is -4.49. The van der Waals surface area contributed by atoms with Crippen molar-refractivity contribution in [2.24, 2.45) is 0 Å². The van der Waals surface area contributed by atoms with Crippen molar-refractivity contribution < 1.29 is 46.1 Å². The highest BCUT2D eigenvalue weighted by Crippen LogP contribution is 2.29. The van der Waals surface area contributed by atoms with E-state index in [-0.39, 0.29) is 11.4 Å². The Labute approximate surface area is 203 Å². The van der Waals surface area contributed by atoms with Gasteiger partial charge in [0.15, 0.2) is 0 Å². The van der Waals surface area contributed by atoms with Crippen molar-refractivity contribution in [1.29, 1.82) is 0 Å². The lowest BCUT2D eigenvalue weighted by Gasteiger charge is -2.09. The van der Waals surface area contributed by atoms with E-state index < -0.39 is 35.7 Å². The third-order valence-corrected chi connectivity index (χ3v) is 4.38. The van der Waals surface area contributed by atoms with Gasteiger partial charge in [-0.3, -0.25) is 0 Å². The van der Waals surface area contributed by atoms with E-state index in [9.17, 15) is 35.9 Å². The minimum absolute atomic E-state index is 0.254. The predicted molar refractivity (Wildman–Crippen MR) is 120 cm³/mol. The van der Waals surface area contributed by atoms with Crippen LogP contribution in [-0.4, -0.2) is 32.1 Å². The first-order chi connectivity index (χ1) is 16.7. The number of carboxylic acid groups (broad SMARTS) is 2. The van der Waals surface area contributed by atoms with Crippen molar-refractivity contribution in [2.75, 3.05) is 0 Å². The number of carboxylic acids is 2. The van der Waals surface area contributed by atoms with E-state index in [1.807, 2.05) is 13.8 Å². The summed E-state index contributed by atoms with van der Waals surface area (Å²) < 4.78 is 74.9. The van der Waals surface area contributed by atoms with Crippen LogP contribution in [-0.2, 0) is 34.8 Å². The van der Waals surface area contributed by atoms with Gasteiger partial charge in [-0.2, -0.15) is 26.3 Å². The van der Waals surface area contributed by atoms with Gasteiger partial charge in [-0.1, -0.05) is 38.8 Å². The smallest absolute Gasteiger partial charge is 0.433 e. The molecule has 2 aromatic heterocycles. The minimum Gasteiger partial charge on any atom is -0.478 e. The Morgan fingerprint density at radius 3 is 1.31 bits per heavy atom. The maximum Gasteiger partial charge on any atom is 0.433 e. The maximum absolute atomic E-state index is 12.5. The number of hydrogen-bond acceptors (Lipinski definition) is 4. The third-order valence-electron chi connectivity index (χ3n) is 4.38. The zero-order valence-corrected chi connectivity index (χ0v) is 19.3.